The first-order valence-electron chi connectivity index (χ1n) is 5.50. The van der Waals surface area contributed by atoms with Crippen LogP contribution >= 0.6 is 0 Å². The first kappa shape index (κ1) is 10.8. The molecule has 86 valence electrons. The minimum atomic E-state index is -1.04. The highest BCUT2D eigenvalue weighted by molar-refractivity contribution is 5.84. The van der Waals surface area contributed by atoms with Crippen LogP contribution in [0, 0.1) is 0 Å². The lowest BCUT2D eigenvalue weighted by atomic mass is 10.2. The Balaban J connectivity index is 1.78. The van der Waals surface area contributed by atoms with Crippen molar-refractivity contribution in [3.05, 3.63) is 29.5 Å². The Morgan fingerprint density at radius 1 is 1.50 bits per heavy atom. The van der Waals surface area contributed by atoms with Gasteiger partial charge in [0.2, 0.25) is 5.76 Å². The van der Waals surface area contributed by atoms with E-state index in [1.807, 2.05) is 0 Å². The molecule has 0 saturated carbocycles. The van der Waals surface area contributed by atoms with Gasteiger partial charge in [-0.1, -0.05) is 11.6 Å². The SMILES string of the molecule is O=C(O)c1ccc(NCCC2=CCCC2)o1. The van der Waals surface area contributed by atoms with Crippen molar-refractivity contribution >= 4 is 11.9 Å². The Morgan fingerprint density at radius 3 is 3.00 bits per heavy atom. The Kier molecular flexibility index (Phi) is 3.29. The lowest BCUT2D eigenvalue weighted by molar-refractivity contribution is 0.0663. The summed E-state index contributed by atoms with van der Waals surface area (Å²) in [5.74, 6) is -0.537. The Labute approximate surface area is 94.0 Å². The highest BCUT2D eigenvalue weighted by Gasteiger charge is 2.09. The summed E-state index contributed by atoms with van der Waals surface area (Å²) in [6.45, 7) is 0.790. The van der Waals surface area contributed by atoms with E-state index in [1.54, 1.807) is 6.07 Å². The molecule has 4 nitrogen and oxygen atoms in total. The molecule has 4 heteroatoms. The van der Waals surface area contributed by atoms with Crippen LogP contribution in [0.4, 0.5) is 5.88 Å². The van der Waals surface area contributed by atoms with Crippen molar-refractivity contribution in [2.24, 2.45) is 0 Å². The monoisotopic (exact) mass is 221 g/mol. The summed E-state index contributed by atoms with van der Waals surface area (Å²) in [7, 11) is 0. The summed E-state index contributed by atoms with van der Waals surface area (Å²) >= 11 is 0. The van der Waals surface area contributed by atoms with Crippen LogP contribution in [0.3, 0.4) is 0 Å². The summed E-state index contributed by atoms with van der Waals surface area (Å²) in [6, 6.07) is 3.10. The number of anilines is 1. The average Bonchev–Trinajstić information content (AvgIpc) is 2.87. The van der Waals surface area contributed by atoms with Crippen molar-refractivity contribution in [1.82, 2.24) is 0 Å². The predicted octanol–water partition coefficient (Wildman–Crippen LogP) is 2.89. The molecule has 0 aliphatic heterocycles. The van der Waals surface area contributed by atoms with E-state index in [1.165, 1.54) is 30.9 Å². The quantitative estimate of drug-likeness (QED) is 0.750. The molecule has 0 amide bonds. The zero-order chi connectivity index (χ0) is 11.4. The lowest BCUT2D eigenvalue weighted by Crippen LogP contribution is -2.01. The molecule has 0 atom stereocenters. The van der Waals surface area contributed by atoms with Crippen LogP contribution < -0.4 is 5.32 Å². The molecule has 0 fully saturated rings. The van der Waals surface area contributed by atoms with Gasteiger partial charge < -0.3 is 14.8 Å². The molecule has 0 saturated heterocycles. The molecule has 1 heterocycles. The molecule has 1 aliphatic carbocycles. The fraction of sp³-hybridized carbons (Fsp3) is 0.417. The number of furan rings is 1. The van der Waals surface area contributed by atoms with Crippen molar-refractivity contribution in [2.75, 3.05) is 11.9 Å². The van der Waals surface area contributed by atoms with Gasteiger partial charge in [0.25, 0.3) is 0 Å². The molecule has 0 aromatic carbocycles. The number of nitrogens with one attached hydrogen (secondary N) is 1. The van der Waals surface area contributed by atoms with Gasteiger partial charge in [-0.25, -0.2) is 4.79 Å². The van der Waals surface area contributed by atoms with Gasteiger partial charge in [0, 0.05) is 12.6 Å². The van der Waals surface area contributed by atoms with Crippen molar-refractivity contribution in [3.63, 3.8) is 0 Å². The third-order valence-corrected chi connectivity index (χ3v) is 2.70. The molecule has 0 radical (unpaired) electrons. The fourth-order valence-electron chi connectivity index (χ4n) is 1.86. The second-order valence-corrected chi connectivity index (χ2v) is 3.90. The fourth-order valence-corrected chi connectivity index (χ4v) is 1.86. The van der Waals surface area contributed by atoms with Gasteiger partial charge in [-0.2, -0.15) is 0 Å². The van der Waals surface area contributed by atoms with Gasteiger partial charge in [-0.15, -0.1) is 0 Å². The zero-order valence-electron chi connectivity index (χ0n) is 9.03. The Morgan fingerprint density at radius 2 is 2.38 bits per heavy atom. The van der Waals surface area contributed by atoms with E-state index in [-0.39, 0.29) is 5.76 Å². The van der Waals surface area contributed by atoms with Crippen LogP contribution in [0.15, 0.2) is 28.2 Å². The maximum Gasteiger partial charge on any atom is 0.371 e. The number of rotatable bonds is 5. The van der Waals surface area contributed by atoms with Crippen LogP contribution in [0.2, 0.25) is 0 Å². The third kappa shape index (κ3) is 2.66. The number of allylic oxidation sites excluding steroid dienone is 1. The van der Waals surface area contributed by atoms with Crippen molar-refractivity contribution in [1.29, 1.82) is 0 Å². The van der Waals surface area contributed by atoms with Crippen molar-refractivity contribution in [3.8, 4) is 0 Å². The second kappa shape index (κ2) is 4.88. The minimum Gasteiger partial charge on any atom is -0.475 e. The van der Waals surface area contributed by atoms with Gasteiger partial charge in [0.15, 0.2) is 5.88 Å². The van der Waals surface area contributed by atoms with Gasteiger partial charge >= 0.3 is 5.97 Å². The van der Waals surface area contributed by atoms with Crippen LogP contribution in [0.5, 0.6) is 0 Å². The summed E-state index contributed by atoms with van der Waals surface area (Å²) in [4.78, 5) is 10.6. The zero-order valence-corrected chi connectivity index (χ0v) is 9.03. The van der Waals surface area contributed by atoms with Gasteiger partial charge in [-0.05, 0) is 31.7 Å². The molecule has 1 aromatic heterocycles. The van der Waals surface area contributed by atoms with E-state index in [2.05, 4.69) is 11.4 Å². The number of hydrogen-bond donors (Lipinski definition) is 2. The molecule has 0 bridgehead atoms. The van der Waals surface area contributed by atoms with E-state index in [9.17, 15) is 4.79 Å². The largest absolute Gasteiger partial charge is 0.475 e. The normalized spacial score (nSPS) is 14.9. The number of carbonyl (C=O) groups is 1. The van der Waals surface area contributed by atoms with Crippen molar-refractivity contribution < 1.29 is 14.3 Å². The maximum atomic E-state index is 10.6. The van der Waals surface area contributed by atoms with Crippen LogP contribution in [0.25, 0.3) is 0 Å². The van der Waals surface area contributed by atoms with Crippen LogP contribution in [-0.2, 0) is 0 Å². The van der Waals surface area contributed by atoms with Crippen molar-refractivity contribution in [2.45, 2.75) is 25.7 Å². The molecule has 0 spiro atoms. The van der Waals surface area contributed by atoms with E-state index in [4.69, 9.17) is 9.52 Å². The smallest absolute Gasteiger partial charge is 0.371 e. The molecule has 16 heavy (non-hydrogen) atoms. The Hall–Kier alpha value is -1.71. The molecule has 0 unspecified atom stereocenters. The number of carboxylic acid groups (broad SMARTS) is 1. The summed E-state index contributed by atoms with van der Waals surface area (Å²) in [6.07, 6.45) is 6.94. The van der Waals surface area contributed by atoms with Gasteiger partial charge in [0.05, 0.1) is 0 Å². The van der Waals surface area contributed by atoms with E-state index >= 15 is 0 Å². The number of carboxylic acids is 1. The van der Waals surface area contributed by atoms with Gasteiger partial charge in [-0.3, -0.25) is 0 Å². The van der Waals surface area contributed by atoms with E-state index in [0.717, 1.165) is 13.0 Å². The summed E-state index contributed by atoms with van der Waals surface area (Å²) in [5.41, 5.74) is 1.48. The third-order valence-electron chi connectivity index (χ3n) is 2.70. The topological polar surface area (TPSA) is 62.5 Å². The van der Waals surface area contributed by atoms with Crippen LogP contribution in [0.1, 0.15) is 36.2 Å². The summed E-state index contributed by atoms with van der Waals surface area (Å²) in [5, 5.41) is 11.7. The highest BCUT2D eigenvalue weighted by atomic mass is 16.4. The van der Waals surface area contributed by atoms with E-state index < -0.39 is 5.97 Å². The standard InChI is InChI=1S/C12H15NO3/c14-12(15)10-5-6-11(16-10)13-8-7-9-3-1-2-4-9/h3,5-6,13H,1-2,4,7-8H2,(H,14,15). The molecule has 2 rings (SSSR count). The van der Waals surface area contributed by atoms with Crippen LogP contribution in [-0.4, -0.2) is 17.6 Å². The molecule has 2 N–H and O–H groups in total. The van der Waals surface area contributed by atoms with Gasteiger partial charge in [0.1, 0.15) is 0 Å². The Bertz CT molecular complexity index is 406. The number of aromatic carboxylic acids is 1. The number of hydrogen-bond acceptors (Lipinski definition) is 3. The summed E-state index contributed by atoms with van der Waals surface area (Å²) < 4.78 is 5.08. The molecule has 1 aromatic rings. The average molecular weight is 221 g/mol. The minimum absolute atomic E-state index is 0.0254. The second-order valence-electron chi connectivity index (χ2n) is 3.90. The van der Waals surface area contributed by atoms with E-state index in [0.29, 0.717) is 5.88 Å². The molecule has 1 aliphatic rings. The molecular formula is C12H15NO3. The first-order chi connectivity index (χ1) is 7.75. The predicted molar refractivity (Wildman–Crippen MR) is 60.7 cm³/mol. The highest BCUT2D eigenvalue weighted by Crippen LogP contribution is 2.21. The maximum absolute atomic E-state index is 10.6. The lowest BCUT2D eigenvalue weighted by Gasteiger charge is -2.03. The first-order valence-corrected chi connectivity index (χ1v) is 5.50. The molecular weight excluding hydrogens is 206 g/mol.